The zero-order valence-corrected chi connectivity index (χ0v) is 17.3. The topological polar surface area (TPSA) is 40.6 Å². The Morgan fingerprint density at radius 1 is 0.852 bits per heavy atom. The first-order valence-corrected chi connectivity index (χ1v) is 11.6. The maximum atomic E-state index is 12.8. The highest BCUT2D eigenvalue weighted by atomic mass is 16.2. The first-order valence-electron chi connectivity index (χ1n) is 11.6. The number of hydrogen-bond donors (Lipinski definition) is 0. The standard InChI is InChI=1S/C23H38N2O2/c1-23(17-25-21(26)19-9-5-6-10-20(19)22(25)27)12-15-24(16-13-23)14-11-18-7-3-2-4-8-18/h18-20H,2-17H2,1H3/t19-,20+. The van der Waals surface area contributed by atoms with Gasteiger partial charge in [-0.1, -0.05) is 51.9 Å². The van der Waals surface area contributed by atoms with Crippen molar-refractivity contribution in [2.24, 2.45) is 23.2 Å². The largest absolute Gasteiger partial charge is 0.303 e. The molecule has 2 amide bonds. The van der Waals surface area contributed by atoms with Crippen LogP contribution < -0.4 is 0 Å². The van der Waals surface area contributed by atoms with Crippen LogP contribution in [-0.2, 0) is 9.59 Å². The quantitative estimate of drug-likeness (QED) is 0.676. The molecule has 0 aromatic carbocycles. The molecule has 0 radical (unpaired) electrons. The van der Waals surface area contributed by atoms with Crippen LogP contribution in [0.15, 0.2) is 0 Å². The van der Waals surface area contributed by atoms with Crippen molar-refractivity contribution in [2.75, 3.05) is 26.2 Å². The van der Waals surface area contributed by atoms with Gasteiger partial charge in [-0.2, -0.15) is 0 Å². The van der Waals surface area contributed by atoms with Crippen LogP contribution in [0.5, 0.6) is 0 Å². The Labute approximate surface area is 165 Å². The molecule has 2 atom stereocenters. The molecule has 4 aliphatic rings. The number of rotatable bonds is 5. The van der Waals surface area contributed by atoms with Crippen molar-refractivity contribution in [1.82, 2.24) is 9.80 Å². The van der Waals surface area contributed by atoms with Crippen LogP contribution in [0.25, 0.3) is 0 Å². The molecule has 2 saturated carbocycles. The molecule has 0 bridgehead atoms. The summed E-state index contributed by atoms with van der Waals surface area (Å²) in [5.74, 6) is 1.25. The summed E-state index contributed by atoms with van der Waals surface area (Å²) in [5, 5.41) is 0. The Hall–Kier alpha value is -0.900. The molecule has 4 rings (SSSR count). The molecule has 0 spiro atoms. The second kappa shape index (κ2) is 8.23. The number of imide groups is 1. The fraction of sp³-hybridized carbons (Fsp3) is 0.913. The fourth-order valence-electron chi connectivity index (χ4n) is 6.08. The van der Waals surface area contributed by atoms with Crippen molar-refractivity contribution >= 4 is 11.8 Å². The number of nitrogens with zero attached hydrogens (tertiary/aromatic N) is 2. The molecule has 27 heavy (non-hydrogen) atoms. The van der Waals surface area contributed by atoms with E-state index in [4.69, 9.17) is 0 Å². The highest BCUT2D eigenvalue weighted by Gasteiger charge is 2.49. The number of fused-ring (bicyclic) bond motifs is 1. The Morgan fingerprint density at radius 3 is 2.00 bits per heavy atom. The molecule has 0 aromatic heterocycles. The summed E-state index contributed by atoms with van der Waals surface area (Å²) in [5.41, 5.74) is 0.111. The number of carbonyl (C=O) groups is 2. The Morgan fingerprint density at radius 2 is 1.41 bits per heavy atom. The first-order chi connectivity index (χ1) is 13.1. The summed E-state index contributed by atoms with van der Waals surface area (Å²) in [4.78, 5) is 29.9. The van der Waals surface area contributed by atoms with Crippen molar-refractivity contribution in [3.63, 3.8) is 0 Å². The lowest BCUT2D eigenvalue weighted by atomic mass is 9.79. The van der Waals surface area contributed by atoms with E-state index < -0.39 is 0 Å². The second-order valence-corrected chi connectivity index (χ2v) is 10.2. The minimum Gasteiger partial charge on any atom is -0.303 e. The lowest BCUT2D eigenvalue weighted by Crippen LogP contribution is -2.47. The van der Waals surface area contributed by atoms with Gasteiger partial charge >= 0.3 is 0 Å². The third-order valence-electron chi connectivity index (χ3n) is 8.11. The zero-order valence-electron chi connectivity index (χ0n) is 17.3. The van der Waals surface area contributed by atoms with Gasteiger partial charge in [0.2, 0.25) is 11.8 Å². The number of hydrogen-bond acceptors (Lipinski definition) is 3. The van der Waals surface area contributed by atoms with Gasteiger partial charge in [-0.15, -0.1) is 0 Å². The van der Waals surface area contributed by atoms with Gasteiger partial charge in [0.1, 0.15) is 0 Å². The van der Waals surface area contributed by atoms with Gasteiger partial charge in [0, 0.05) is 6.54 Å². The maximum Gasteiger partial charge on any atom is 0.233 e. The third-order valence-corrected chi connectivity index (χ3v) is 8.11. The number of likely N-dealkylation sites (tertiary alicyclic amines) is 2. The molecule has 4 fully saturated rings. The molecule has 0 aromatic rings. The lowest BCUT2D eigenvalue weighted by Gasteiger charge is -2.41. The minimum atomic E-state index is 0.00503. The fourth-order valence-corrected chi connectivity index (χ4v) is 6.08. The highest BCUT2D eigenvalue weighted by Crippen LogP contribution is 2.41. The van der Waals surface area contributed by atoms with E-state index in [0.717, 1.165) is 57.5 Å². The van der Waals surface area contributed by atoms with Crippen molar-refractivity contribution in [1.29, 1.82) is 0 Å². The summed E-state index contributed by atoms with van der Waals surface area (Å²) < 4.78 is 0. The molecule has 2 heterocycles. The third kappa shape index (κ3) is 4.26. The van der Waals surface area contributed by atoms with Gasteiger partial charge in [-0.3, -0.25) is 14.5 Å². The Bertz CT molecular complexity index is 523. The van der Waals surface area contributed by atoms with Crippen LogP contribution in [-0.4, -0.2) is 47.8 Å². The Balaban J connectivity index is 1.26. The van der Waals surface area contributed by atoms with E-state index in [1.807, 2.05) is 0 Å². The van der Waals surface area contributed by atoms with Crippen LogP contribution in [0, 0.1) is 23.2 Å². The molecule has 2 aliphatic heterocycles. The number of amides is 2. The van der Waals surface area contributed by atoms with E-state index in [-0.39, 0.29) is 29.1 Å². The molecule has 4 heteroatoms. The Kier molecular flexibility index (Phi) is 5.92. The van der Waals surface area contributed by atoms with Crippen molar-refractivity contribution in [3.8, 4) is 0 Å². The van der Waals surface area contributed by atoms with Crippen molar-refractivity contribution in [3.05, 3.63) is 0 Å². The van der Waals surface area contributed by atoms with Crippen LogP contribution in [0.4, 0.5) is 0 Å². The summed E-state index contributed by atoms with van der Waals surface area (Å²) in [6, 6.07) is 0. The molecular weight excluding hydrogens is 336 g/mol. The normalized spacial score (nSPS) is 32.7. The predicted molar refractivity (Wildman–Crippen MR) is 107 cm³/mol. The van der Waals surface area contributed by atoms with Crippen LogP contribution in [0.1, 0.15) is 84.0 Å². The van der Waals surface area contributed by atoms with E-state index in [1.54, 1.807) is 4.90 Å². The van der Waals surface area contributed by atoms with E-state index >= 15 is 0 Å². The van der Waals surface area contributed by atoms with Gasteiger partial charge in [0.05, 0.1) is 11.8 Å². The van der Waals surface area contributed by atoms with Gasteiger partial charge in [-0.25, -0.2) is 0 Å². The summed E-state index contributed by atoms with van der Waals surface area (Å²) in [6.45, 7) is 6.47. The molecule has 152 valence electrons. The van der Waals surface area contributed by atoms with Crippen LogP contribution in [0.3, 0.4) is 0 Å². The second-order valence-electron chi connectivity index (χ2n) is 10.2. The summed E-state index contributed by atoms with van der Waals surface area (Å²) in [7, 11) is 0. The monoisotopic (exact) mass is 374 g/mol. The van der Waals surface area contributed by atoms with E-state index in [9.17, 15) is 9.59 Å². The summed E-state index contributed by atoms with van der Waals surface area (Å²) >= 11 is 0. The highest BCUT2D eigenvalue weighted by molar-refractivity contribution is 6.05. The smallest absolute Gasteiger partial charge is 0.233 e. The zero-order chi connectivity index (χ0) is 18.9. The first kappa shape index (κ1) is 19.4. The molecular formula is C23H38N2O2. The molecule has 4 nitrogen and oxygen atoms in total. The minimum absolute atomic E-state index is 0.00503. The average Bonchev–Trinajstić information content (AvgIpc) is 2.93. The summed E-state index contributed by atoms with van der Waals surface area (Å²) in [6.07, 6.45) is 14.9. The predicted octanol–water partition coefficient (Wildman–Crippen LogP) is 4.23. The van der Waals surface area contributed by atoms with E-state index in [0.29, 0.717) is 6.54 Å². The number of piperidine rings is 1. The molecule has 0 unspecified atom stereocenters. The maximum absolute atomic E-state index is 12.8. The molecule has 0 N–H and O–H groups in total. The molecule has 2 saturated heterocycles. The van der Waals surface area contributed by atoms with E-state index in [2.05, 4.69) is 11.8 Å². The van der Waals surface area contributed by atoms with Gasteiger partial charge in [0.25, 0.3) is 0 Å². The molecule has 2 aliphatic carbocycles. The SMILES string of the molecule is CC1(CN2C(=O)[C@H]3CCCC[C@H]3C2=O)CCN(CCC2CCCCC2)CC1. The van der Waals surface area contributed by atoms with Gasteiger partial charge < -0.3 is 4.90 Å². The van der Waals surface area contributed by atoms with Crippen LogP contribution >= 0.6 is 0 Å². The lowest BCUT2D eigenvalue weighted by molar-refractivity contribution is -0.142. The van der Waals surface area contributed by atoms with Crippen LogP contribution in [0.2, 0.25) is 0 Å². The van der Waals surface area contributed by atoms with Gasteiger partial charge in [0.15, 0.2) is 0 Å². The van der Waals surface area contributed by atoms with E-state index in [1.165, 1.54) is 45.1 Å². The average molecular weight is 375 g/mol. The van der Waals surface area contributed by atoms with Crippen molar-refractivity contribution in [2.45, 2.75) is 84.0 Å². The van der Waals surface area contributed by atoms with Gasteiger partial charge in [-0.05, 0) is 63.1 Å². The van der Waals surface area contributed by atoms with Crippen molar-refractivity contribution < 1.29 is 9.59 Å². The number of carbonyl (C=O) groups excluding carboxylic acids is 2.